The van der Waals surface area contributed by atoms with Crippen molar-refractivity contribution in [1.29, 1.82) is 5.41 Å². The van der Waals surface area contributed by atoms with E-state index in [1.54, 1.807) is 0 Å². The molecule has 46 heavy (non-hydrogen) atoms. The number of fused-ring (bicyclic) bond motifs is 1. The van der Waals surface area contributed by atoms with Gasteiger partial charge in [-0.15, -0.1) is 0 Å². The Kier molecular flexibility index (Phi) is 9.66. The molecule has 6 rings (SSSR count). The average molecular weight is 634 g/mol. The summed E-state index contributed by atoms with van der Waals surface area (Å²) in [5.41, 5.74) is 12.3. The van der Waals surface area contributed by atoms with Crippen molar-refractivity contribution in [2.45, 2.75) is 38.3 Å². The molecule has 1 aromatic heterocycles. The number of amides is 1. The SMILES string of the molecule is Cn1c(CCc2ccc(C(=N)N)cc2)nc2cc(N(Cc3ccccc3)C(=O)CN3CCC(Nc4ccccc4Cl)CC3)ccc21. The quantitative estimate of drug-likeness (QED) is 0.115. The highest BCUT2D eigenvalue weighted by molar-refractivity contribution is 6.33. The number of aromatic nitrogens is 2. The fourth-order valence-corrected chi connectivity index (χ4v) is 6.33. The van der Waals surface area contributed by atoms with Crippen LogP contribution in [0.5, 0.6) is 0 Å². The highest BCUT2D eigenvalue weighted by Crippen LogP contribution is 2.27. The van der Waals surface area contributed by atoms with Gasteiger partial charge in [-0.25, -0.2) is 4.98 Å². The van der Waals surface area contributed by atoms with Crippen LogP contribution in [-0.4, -0.2) is 51.9 Å². The highest BCUT2D eigenvalue weighted by atomic mass is 35.5. The number of halogens is 1. The number of hydrogen-bond donors (Lipinski definition) is 3. The average Bonchev–Trinajstić information content (AvgIpc) is 3.39. The number of carbonyl (C=O) groups excluding carboxylic acids is 1. The number of imidazole rings is 1. The molecule has 1 aliphatic heterocycles. The van der Waals surface area contributed by atoms with Crippen molar-refractivity contribution in [2.24, 2.45) is 12.8 Å². The number of amidine groups is 1. The summed E-state index contributed by atoms with van der Waals surface area (Å²) >= 11 is 6.36. The Bertz CT molecular complexity index is 1810. The van der Waals surface area contributed by atoms with Crippen LogP contribution in [0.1, 0.15) is 35.4 Å². The second kappa shape index (κ2) is 14.2. The van der Waals surface area contributed by atoms with Crippen LogP contribution in [0.15, 0.2) is 97.1 Å². The van der Waals surface area contributed by atoms with Crippen LogP contribution >= 0.6 is 11.6 Å². The second-order valence-corrected chi connectivity index (χ2v) is 12.4. The maximum absolute atomic E-state index is 14.0. The fraction of sp³-hybridized carbons (Fsp3) is 0.270. The number of nitrogens with one attached hydrogen (secondary N) is 2. The highest BCUT2D eigenvalue weighted by Gasteiger charge is 2.25. The number of rotatable bonds is 11. The molecular weight excluding hydrogens is 594 g/mol. The minimum absolute atomic E-state index is 0.0731. The van der Waals surface area contributed by atoms with Crippen molar-refractivity contribution in [3.05, 3.63) is 125 Å². The fourth-order valence-electron chi connectivity index (χ4n) is 6.14. The molecule has 0 unspecified atom stereocenters. The molecule has 1 saturated heterocycles. The smallest absolute Gasteiger partial charge is 0.241 e. The number of piperidine rings is 1. The van der Waals surface area contributed by atoms with E-state index in [9.17, 15) is 4.79 Å². The summed E-state index contributed by atoms with van der Waals surface area (Å²) in [5, 5.41) is 11.9. The van der Waals surface area contributed by atoms with Gasteiger partial charge in [0, 0.05) is 43.9 Å². The van der Waals surface area contributed by atoms with Gasteiger partial charge < -0.3 is 20.5 Å². The summed E-state index contributed by atoms with van der Waals surface area (Å²) in [6.07, 6.45) is 3.49. The van der Waals surface area contributed by atoms with Gasteiger partial charge in [-0.2, -0.15) is 0 Å². The van der Waals surface area contributed by atoms with Crippen molar-refractivity contribution in [2.75, 3.05) is 29.9 Å². The van der Waals surface area contributed by atoms with E-state index in [1.807, 2.05) is 90.8 Å². The number of hydrogen-bond acceptors (Lipinski definition) is 5. The van der Waals surface area contributed by atoms with Crippen molar-refractivity contribution in [3.8, 4) is 0 Å². The first-order valence-electron chi connectivity index (χ1n) is 15.8. The van der Waals surface area contributed by atoms with E-state index in [-0.39, 0.29) is 11.7 Å². The summed E-state index contributed by atoms with van der Waals surface area (Å²) < 4.78 is 2.13. The topological polar surface area (TPSA) is 103 Å². The molecule has 8 nitrogen and oxygen atoms in total. The van der Waals surface area contributed by atoms with Crippen LogP contribution in [0.2, 0.25) is 5.02 Å². The molecule has 5 aromatic rings. The van der Waals surface area contributed by atoms with E-state index in [1.165, 1.54) is 5.56 Å². The van der Waals surface area contributed by atoms with E-state index in [2.05, 4.69) is 33.0 Å². The molecule has 1 fully saturated rings. The zero-order valence-electron chi connectivity index (χ0n) is 26.1. The predicted octanol–water partition coefficient (Wildman–Crippen LogP) is 6.41. The van der Waals surface area contributed by atoms with Gasteiger partial charge in [0.25, 0.3) is 0 Å². The molecule has 1 aliphatic rings. The first-order valence-corrected chi connectivity index (χ1v) is 16.2. The van der Waals surface area contributed by atoms with Crippen LogP contribution in [0.4, 0.5) is 11.4 Å². The van der Waals surface area contributed by atoms with E-state index in [0.717, 1.165) is 83.2 Å². The molecule has 9 heteroatoms. The maximum atomic E-state index is 14.0. The Hall–Kier alpha value is -4.66. The monoisotopic (exact) mass is 633 g/mol. The molecule has 2 heterocycles. The molecule has 0 spiro atoms. The lowest BCUT2D eigenvalue weighted by Gasteiger charge is -2.34. The second-order valence-electron chi connectivity index (χ2n) is 12.0. The van der Waals surface area contributed by atoms with Gasteiger partial charge in [-0.1, -0.05) is 78.3 Å². The molecule has 236 valence electrons. The summed E-state index contributed by atoms with van der Waals surface area (Å²) in [6, 6.07) is 32.3. The minimum Gasteiger partial charge on any atom is -0.384 e. The lowest BCUT2D eigenvalue weighted by atomic mass is 10.0. The Morgan fingerprint density at radius 1 is 0.957 bits per heavy atom. The Morgan fingerprint density at radius 2 is 1.67 bits per heavy atom. The summed E-state index contributed by atoms with van der Waals surface area (Å²) in [6.45, 7) is 2.53. The number of likely N-dealkylation sites (tertiary alicyclic amines) is 1. The minimum atomic E-state index is 0.0731. The van der Waals surface area contributed by atoms with Crippen molar-refractivity contribution >= 4 is 45.8 Å². The van der Waals surface area contributed by atoms with Crippen LogP contribution in [0, 0.1) is 5.41 Å². The molecular formula is C37H40ClN7O. The van der Waals surface area contributed by atoms with Crippen LogP contribution in [0.25, 0.3) is 11.0 Å². The number of anilines is 2. The third kappa shape index (κ3) is 7.41. The van der Waals surface area contributed by atoms with E-state index in [4.69, 9.17) is 27.7 Å². The summed E-state index contributed by atoms with van der Waals surface area (Å²) in [5.74, 6) is 1.13. The number of nitrogens with two attached hydrogens (primary N) is 1. The third-order valence-electron chi connectivity index (χ3n) is 8.84. The Labute approximate surface area is 275 Å². The Morgan fingerprint density at radius 3 is 2.39 bits per heavy atom. The van der Waals surface area contributed by atoms with Gasteiger partial charge in [0.05, 0.1) is 34.8 Å². The number of carbonyl (C=O) groups is 1. The van der Waals surface area contributed by atoms with E-state index < -0.39 is 0 Å². The molecule has 4 aromatic carbocycles. The normalized spacial score (nSPS) is 14.0. The summed E-state index contributed by atoms with van der Waals surface area (Å²) in [7, 11) is 2.04. The van der Waals surface area contributed by atoms with Gasteiger partial charge in [0.1, 0.15) is 11.7 Å². The zero-order valence-corrected chi connectivity index (χ0v) is 26.9. The van der Waals surface area contributed by atoms with Gasteiger partial charge in [-0.3, -0.25) is 15.1 Å². The third-order valence-corrected chi connectivity index (χ3v) is 9.17. The van der Waals surface area contributed by atoms with Gasteiger partial charge >= 0.3 is 0 Å². The first-order chi connectivity index (χ1) is 22.3. The summed E-state index contributed by atoms with van der Waals surface area (Å²) in [4.78, 5) is 23.1. The molecule has 1 amide bonds. The van der Waals surface area contributed by atoms with Crippen LogP contribution in [-0.2, 0) is 31.2 Å². The number of para-hydroxylation sites is 1. The number of nitrogens with zero attached hydrogens (tertiary/aromatic N) is 4. The number of nitrogen functional groups attached to an aromatic ring is 1. The first kappa shape index (κ1) is 31.3. The number of benzene rings is 4. The maximum Gasteiger partial charge on any atom is 0.241 e. The lowest BCUT2D eigenvalue weighted by molar-refractivity contribution is -0.120. The van der Waals surface area contributed by atoms with Crippen LogP contribution < -0.4 is 16.0 Å². The zero-order chi connectivity index (χ0) is 32.0. The van der Waals surface area contributed by atoms with E-state index in [0.29, 0.717) is 19.1 Å². The lowest BCUT2D eigenvalue weighted by Crippen LogP contribution is -2.45. The predicted molar refractivity (Wildman–Crippen MR) is 188 cm³/mol. The van der Waals surface area contributed by atoms with E-state index >= 15 is 0 Å². The largest absolute Gasteiger partial charge is 0.384 e. The van der Waals surface area contributed by atoms with Crippen molar-refractivity contribution in [1.82, 2.24) is 14.5 Å². The molecule has 0 bridgehead atoms. The van der Waals surface area contributed by atoms with Crippen LogP contribution in [0.3, 0.4) is 0 Å². The molecule has 0 atom stereocenters. The van der Waals surface area contributed by atoms with Gasteiger partial charge in [0.2, 0.25) is 5.91 Å². The van der Waals surface area contributed by atoms with Crippen molar-refractivity contribution in [3.63, 3.8) is 0 Å². The van der Waals surface area contributed by atoms with Gasteiger partial charge in [0.15, 0.2) is 0 Å². The molecule has 4 N–H and O–H groups in total. The Balaban J connectivity index is 1.15. The molecule has 0 aliphatic carbocycles. The standard InChI is InChI=1S/C37H40ClN7O/c1-43-34-17-16-30(23-33(34)42-35(43)18-13-26-11-14-28(15-12-26)37(39)40)45(24-27-7-3-2-4-8-27)36(46)25-44-21-19-29(20-22-44)41-32-10-6-5-9-31(32)38/h2-12,14-17,23,29,41H,13,18-22,24-25H2,1H3,(H3,39,40). The molecule has 0 saturated carbocycles. The van der Waals surface area contributed by atoms with Gasteiger partial charge in [-0.05, 0) is 60.7 Å². The number of aryl methyl sites for hydroxylation is 3. The molecule has 0 radical (unpaired) electrons. The van der Waals surface area contributed by atoms with Crippen molar-refractivity contribution < 1.29 is 4.79 Å².